The van der Waals surface area contributed by atoms with E-state index in [1.54, 1.807) is 31.2 Å². The first-order chi connectivity index (χ1) is 8.13. The number of aromatic hydroxyl groups is 1. The van der Waals surface area contributed by atoms with Crippen molar-refractivity contribution in [3.8, 4) is 22.6 Å². The number of benzene rings is 2. The summed E-state index contributed by atoms with van der Waals surface area (Å²) in [4.78, 5) is 0. The normalized spacial score (nSPS) is 10.3. The molecule has 0 saturated heterocycles. The highest BCUT2D eigenvalue weighted by atomic mass is 19.1. The first-order valence-corrected chi connectivity index (χ1v) is 5.26. The molecule has 2 aromatic carbocycles. The Bertz CT molecular complexity index is 550. The van der Waals surface area contributed by atoms with Gasteiger partial charge in [0.25, 0.3) is 0 Å². The fraction of sp³-hybridized carbons (Fsp3) is 0.143. The molecule has 17 heavy (non-hydrogen) atoms. The lowest BCUT2D eigenvalue weighted by Gasteiger charge is -2.09. The zero-order valence-electron chi connectivity index (χ0n) is 9.70. The van der Waals surface area contributed by atoms with E-state index in [0.717, 1.165) is 11.1 Å². The first-order valence-electron chi connectivity index (χ1n) is 5.26. The van der Waals surface area contributed by atoms with Gasteiger partial charge in [-0.1, -0.05) is 18.2 Å². The third-order valence-corrected chi connectivity index (χ3v) is 2.76. The molecule has 88 valence electrons. The standard InChI is InChI=1S/C14H13FO2/c1-9-11(4-3-5-12(9)15)10-6-7-14(17-2)13(16)8-10/h3-8,16H,1-2H3. The Labute approximate surface area is 99.3 Å². The fourth-order valence-corrected chi connectivity index (χ4v) is 1.78. The molecule has 0 aliphatic rings. The monoisotopic (exact) mass is 232 g/mol. The van der Waals surface area contributed by atoms with E-state index in [2.05, 4.69) is 0 Å². The lowest BCUT2D eigenvalue weighted by Crippen LogP contribution is -1.89. The molecule has 0 aliphatic heterocycles. The molecule has 0 atom stereocenters. The number of halogens is 1. The quantitative estimate of drug-likeness (QED) is 0.858. The third-order valence-electron chi connectivity index (χ3n) is 2.76. The Kier molecular flexibility index (Phi) is 3.00. The van der Waals surface area contributed by atoms with Crippen LogP contribution in [0.3, 0.4) is 0 Å². The summed E-state index contributed by atoms with van der Waals surface area (Å²) in [5, 5.41) is 9.69. The van der Waals surface area contributed by atoms with Gasteiger partial charge in [0.05, 0.1) is 7.11 Å². The lowest BCUT2D eigenvalue weighted by molar-refractivity contribution is 0.373. The highest BCUT2D eigenvalue weighted by Gasteiger charge is 2.08. The van der Waals surface area contributed by atoms with Crippen LogP contribution in [0.1, 0.15) is 5.56 Å². The minimum atomic E-state index is -0.252. The Hall–Kier alpha value is -2.03. The zero-order valence-corrected chi connectivity index (χ0v) is 9.70. The van der Waals surface area contributed by atoms with Crippen LogP contribution >= 0.6 is 0 Å². The van der Waals surface area contributed by atoms with Gasteiger partial charge >= 0.3 is 0 Å². The smallest absolute Gasteiger partial charge is 0.160 e. The zero-order chi connectivity index (χ0) is 12.4. The van der Waals surface area contributed by atoms with Crippen molar-refractivity contribution in [3.05, 3.63) is 47.8 Å². The van der Waals surface area contributed by atoms with Gasteiger partial charge in [-0.05, 0) is 41.8 Å². The van der Waals surface area contributed by atoms with Crippen LogP contribution < -0.4 is 4.74 Å². The van der Waals surface area contributed by atoms with Crippen molar-refractivity contribution in [2.75, 3.05) is 7.11 Å². The maximum atomic E-state index is 13.4. The van der Waals surface area contributed by atoms with Crippen LogP contribution in [0.5, 0.6) is 11.5 Å². The van der Waals surface area contributed by atoms with Crippen LogP contribution in [-0.2, 0) is 0 Å². The molecule has 0 fully saturated rings. The molecule has 0 saturated carbocycles. The minimum absolute atomic E-state index is 0.0497. The topological polar surface area (TPSA) is 29.5 Å². The summed E-state index contributed by atoms with van der Waals surface area (Å²) in [6.45, 7) is 1.71. The van der Waals surface area contributed by atoms with Gasteiger partial charge in [-0.25, -0.2) is 4.39 Å². The van der Waals surface area contributed by atoms with E-state index < -0.39 is 0 Å². The number of rotatable bonds is 2. The summed E-state index contributed by atoms with van der Waals surface area (Å²) in [5.74, 6) is 0.203. The van der Waals surface area contributed by atoms with Gasteiger partial charge in [-0.15, -0.1) is 0 Å². The lowest BCUT2D eigenvalue weighted by atomic mass is 10.00. The van der Waals surface area contributed by atoms with Gasteiger partial charge in [0.1, 0.15) is 5.82 Å². The number of ether oxygens (including phenoxy) is 1. The second kappa shape index (κ2) is 4.45. The molecule has 2 rings (SSSR count). The molecule has 0 heterocycles. The summed E-state index contributed by atoms with van der Waals surface area (Å²) in [6.07, 6.45) is 0. The average molecular weight is 232 g/mol. The van der Waals surface area contributed by atoms with Crippen molar-refractivity contribution in [1.29, 1.82) is 0 Å². The number of hydrogen-bond donors (Lipinski definition) is 1. The molecule has 1 N–H and O–H groups in total. The van der Waals surface area contributed by atoms with E-state index in [1.807, 2.05) is 6.07 Å². The van der Waals surface area contributed by atoms with Crippen molar-refractivity contribution in [2.24, 2.45) is 0 Å². The Morgan fingerprint density at radius 1 is 1.18 bits per heavy atom. The minimum Gasteiger partial charge on any atom is -0.504 e. The number of phenols is 1. The second-order valence-electron chi connectivity index (χ2n) is 3.80. The van der Waals surface area contributed by atoms with Crippen LogP contribution in [0.25, 0.3) is 11.1 Å². The van der Waals surface area contributed by atoms with Gasteiger partial charge in [0.15, 0.2) is 11.5 Å². The van der Waals surface area contributed by atoms with Gasteiger partial charge in [-0.2, -0.15) is 0 Å². The molecular weight excluding hydrogens is 219 g/mol. The molecule has 0 aliphatic carbocycles. The summed E-state index contributed by atoms with van der Waals surface area (Å²) in [7, 11) is 1.49. The van der Waals surface area contributed by atoms with Crippen LogP contribution in [0.15, 0.2) is 36.4 Å². The maximum absolute atomic E-state index is 13.4. The Balaban J connectivity index is 2.54. The molecule has 2 aromatic rings. The number of methoxy groups -OCH3 is 1. The first kappa shape index (κ1) is 11.5. The van der Waals surface area contributed by atoms with Crippen molar-refractivity contribution >= 4 is 0 Å². The van der Waals surface area contributed by atoms with E-state index in [9.17, 15) is 9.50 Å². The molecule has 3 heteroatoms. The van der Waals surface area contributed by atoms with Crippen LogP contribution in [0.2, 0.25) is 0 Å². The molecule has 2 nitrogen and oxygen atoms in total. The van der Waals surface area contributed by atoms with Gasteiger partial charge in [0.2, 0.25) is 0 Å². The predicted octanol–water partition coefficient (Wildman–Crippen LogP) is 3.52. The molecule has 0 unspecified atom stereocenters. The molecule has 0 spiro atoms. The second-order valence-corrected chi connectivity index (χ2v) is 3.80. The Morgan fingerprint density at radius 2 is 1.94 bits per heavy atom. The van der Waals surface area contributed by atoms with Gasteiger partial charge in [0, 0.05) is 0 Å². The van der Waals surface area contributed by atoms with E-state index >= 15 is 0 Å². The highest BCUT2D eigenvalue weighted by Crippen LogP contribution is 2.33. The largest absolute Gasteiger partial charge is 0.504 e. The van der Waals surface area contributed by atoms with E-state index in [0.29, 0.717) is 11.3 Å². The van der Waals surface area contributed by atoms with E-state index in [4.69, 9.17) is 4.74 Å². The predicted molar refractivity (Wildman–Crippen MR) is 64.8 cm³/mol. The van der Waals surface area contributed by atoms with Crippen molar-refractivity contribution in [3.63, 3.8) is 0 Å². The van der Waals surface area contributed by atoms with Crippen LogP contribution in [-0.4, -0.2) is 12.2 Å². The van der Waals surface area contributed by atoms with Crippen molar-refractivity contribution in [2.45, 2.75) is 6.92 Å². The third kappa shape index (κ3) is 2.09. The van der Waals surface area contributed by atoms with Gasteiger partial charge in [-0.3, -0.25) is 0 Å². The van der Waals surface area contributed by atoms with Crippen molar-refractivity contribution in [1.82, 2.24) is 0 Å². The molecular formula is C14H13FO2. The summed E-state index contributed by atoms with van der Waals surface area (Å²) in [5.41, 5.74) is 2.10. The SMILES string of the molecule is COc1ccc(-c2cccc(F)c2C)cc1O. The van der Waals surface area contributed by atoms with Gasteiger partial charge < -0.3 is 9.84 Å². The Morgan fingerprint density at radius 3 is 2.59 bits per heavy atom. The maximum Gasteiger partial charge on any atom is 0.160 e. The molecule has 0 radical (unpaired) electrons. The number of hydrogen-bond acceptors (Lipinski definition) is 2. The van der Waals surface area contributed by atoms with E-state index in [1.165, 1.54) is 13.2 Å². The fourth-order valence-electron chi connectivity index (χ4n) is 1.78. The molecule has 0 aromatic heterocycles. The van der Waals surface area contributed by atoms with Crippen LogP contribution in [0.4, 0.5) is 4.39 Å². The molecule has 0 bridgehead atoms. The summed E-state index contributed by atoms with van der Waals surface area (Å²) < 4.78 is 18.4. The average Bonchev–Trinajstić information content (AvgIpc) is 2.32. The van der Waals surface area contributed by atoms with Crippen molar-refractivity contribution < 1.29 is 14.2 Å². The summed E-state index contributed by atoms with van der Waals surface area (Å²) in [6, 6.07) is 9.91. The number of phenolic OH excluding ortho intramolecular Hbond substituents is 1. The summed E-state index contributed by atoms with van der Waals surface area (Å²) >= 11 is 0. The highest BCUT2D eigenvalue weighted by molar-refractivity contribution is 5.70. The van der Waals surface area contributed by atoms with E-state index in [-0.39, 0.29) is 11.6 Å². The molecule has 0 amide bonds. The van der Waals surface area contributed by atoms with Crippen LogP contribution in [0, 0.1) is 12.7 Å².